The van der Waals surface area contributed by atoms with E-state index in [2.05, 4.69) is 14.5 Å². The Morgan fingerprint density at radius 2 is 1.90 bits per heavy atom. The third-order valence-corrected chi connectivity index (χ3v) is 4.47. The van der Waals surface area contributed by atoms with E-state index in [-0.39, 0.29) is 0 Å². The topological polar surface area (TPSA) is 21.1 Å². The van der Waals surface area contributed by atoms with Gasteiger partial charge in [-0.1, -0.05) is 18.0 Å². The van der Waals surface area contributed by atoms with Crippen molar-refractivity contribution in [2.45, 2.75) is 31.7 Å². The Morgan fingerprint density at radius 3 is 2.65 bits per heavy atom. The molecule has 1 aromatic heterocycles. The van der Waals surface area contributed by atoms with Crippen LogP contribution in [-0.4, -0.2) is 34.1 Å². The third-order valence-electron chi connectivity index (χ3n) is 4.00. The van der Waals surface area contributed by atoms with E-state index in [9.17, 15) is 0 Å². The highest BCUT2D eigenvalue weighted by molar-refractivity contribution is 6.31. The molecule has 3 rings (SSSR count). The number of halogens is 2. The first-order valence-corrected chi connectivity index (χ1v) is 8.12. The number of aromatic nitrogens is 2. The van der Waals surface area contributed by atoms with Crippen LogP contribution in [0.25, 0.3) is 11.0 Å². The lowest BCUT2D eigenvalue weighted by atomic mass is 10.1. The minimum absolute atomic E-state index is 0.437. The molecule has 1 aliphatic heterocycles. The monoisotopic (exact) mass is 311 g/mol. The first-order valence-electron chi connectivity index (χ1n) is 7.21. The molecule has 0 unspecified atom stereocenters. The SMILES string of the molecule is ClCc1nc2ccc(Cl)cc2n1CCN1CCCCC1. The van der Waals surface area contributed by atoms with Gasteiger partial charge in [-0.3, -0.25) is 0 Å². The lowest BCUT2D eigenvalue weighted by Gasteiger charge is -2.26. The predicted molar refractivity (Wildman–Crippen MR) is 84.6 cm³/mol. The summed E-state index contributed by atoms with van der Waals surface area (Å²) in [5, 5.41) is 0.748. The van der Waals surface area contributed by atoms with E-state index >= 15 is 0 Å². The fraction of sp³-hybridized carbons (Fsp3) is 0.533. The zero-order valence-electron chi connectivity index (χ0n) is 11.5. The van der Waals surface area contributed by atoms with E-state index in [1.165, 1.54) is 32.4 Å². The van der Waals surface area contributed by atoms with Crippen molar-refractivity contribution in [1.29, 1.82) is 0 Å². The van der Waals surface area contributed by atoms with Gasteiger partial charge in [-0.2, -0.15) is 0 Å². The van der Waals surface area contributed by atoms with Crippen molar-refractivity contribution in [1.82, 2.24) is 14.5 Å². The molecule has 0 radical (unpaired) electrons. The fourth-order valence-corrected chi connectivity index (χ4v) is 3.29. The number of hydrogen-bond acceptors (Lipinski definition) is 2. The maximum Gasteiger partial charge on any atom is 0.124 e. The zero-order valence-corrected chi connectivity index (χ0v) is 13.0. The fourth-order valence-electron chi connectivity index (χ4n) is 2.92. The maximum atomic E-state index is 6.11. The van der Waals surface area contributed by atoms with E-state index in [0.717, 1.165) is 35.0 Å². The second-order valence-corrected chi connectivity index (χ2v) is 6.05. The molecule has 20 heavy (non-hydrogen) atoms. The summed E-state index contributed by atoms with van der Waals surface area (Å²) in [6.07, 6.45) is 4.00. The summed E-state index contributed by atoms with van der Waals surface area (Å²) in [4.78, 5) is 7.12. The normalized spacial score (nSPS) is 16.9. The minimum atomic E-state index is 0.437. The Hall–Kier alpha value is -0.770. The van der Waals surface area contributed by atoms with Crippen LogP contribution in [-0.2, 0) is 12.4 Å². The van der Waals surface area contributed by atoms with Crippen LogP contribution in [0.5, 0.6) is 0 Å². The molecule has 1 saturated heterocycles. The Labute approximate surface area is 129 Å². The summed E-state index contributed by atoms with van der Waals surface area (Å²) in [6, 6.07) is 5.82. The molecule has 1 aliphatic rings. The van der Waals surface area contributed by atoms with E-state index in [1.54, 1.807) is 0 Å². The summed E-state index contributed by atoms with van der Waals surface area (Å²) in [5.74, 6) is 1.37. The number of piperidine rings is 1. The van der Waals surface area contributed by atoms with Gasteiger partial charge in [-0.05, 0) is 44.1 Å². The van der Waals surface area contributed by atoms with Crippen LogP contribution in [0.4, 0.5) is 0 Å². The zero-order chi connectivity index (χ0) is 13.9. The van der Waals surface area contributed by atoms with Gasteiger partial charge in [0.1, 0.15) is 5.82 Å². The van der Waals surface area contributed by atoms with Crippen molar-refractivity contribution in [2.75, 3.05) is 19.6 Å². The first kappa shape index (κ1) is 14.2. The van der Waals surface area contributed by atoms with Gasteiger partial charge in [0, 0.05) is 18.1 Å². The van der Waals surface area contributed by atoms with Gasteiger partial charge in [0.05, 0.1) is 16.9 Å². The number of imidazole rings is 1. The predicted octanol–water partition coefficient (Wildman–Crippen LogP) is 3.91. The Balaban J connectivity index is 1.83. The molecule has 0 aliphatic carbocycles. The van der Waals surface area contributed by atoms with Crippen LogP contribution in [0.1, 0.15) is 25.1 Å². The van der Waals surface area contributed by atoms with Crippen LogP contribution < -0.4 is 0 Å². The van der Waals surface area contributed by atoms with Crippen LogP contribution >= 0.6 is 23.2 Å². The van der Waals surface area contributed by atoms with Gasteiger partial charge >= 0.3 is 0 Å². The smallest absolute Gasteiger partial charge is 0.124 e. The molecule has 1 aromatic carbocycles. The molecule has 1 fully saturated rings. The number of fused-ring (bicyclic) bond motifs is 1. The van der Waals surface area contributed by atoms with E-state index < -0.39 is 0 Å². The largest absolute Gasteiger partial charge is 0.326 e. The lowest BCUT2D eigenvalue weighted by Crippen LogP contribution is -2.32. The molecule has 0 saturated carbocycles. The molecule has 2 aromatic rings. The summed E-state index contributed by atoms with van der Waals surface area (Å²) < 4.78 is 2.21. The third kappa shape index (κ3) is 2.95. The standard InChI is InChI=1S/C15H19Cl2N3/c16-11-15-18-13-5-4-12(17)10-14(13)20(15)9-8-19-6-2-1-3-7-19/h4-5,10H,1-3,6-9,11H2. The van der Waals surface area contributed by atoms with Crippen LogP contribution in [0.15, 0.2) is 18.2 Å². The molecule has 0 bridgehead atoms. The number of hydrogen-bond donors (Lipinski definition) is 0. The Morgan fingerprint density at radius 1 is 1.10 bits per heavy atom. The molecule has 0 spiro atoms. The molecule has 0 atom stereocenters. The second-order valence-electron chi connectivity index (χ2n) is 5.35. The van der Waals surface area contributed by atoms with Gasteiger partial charge in [-0.25, -0.2) is 4.98 Å². The summed E-state index contributed by atoms with van der Waals surface area (Å²) in [7, 11) is 0. The van der Waals surface area contributed by atoms with Crippen molar-refractivity contribution in [3.8, 4) is 0 Å². The van der Waals surface area contributed by atoms with Gasteiger partial charge < -0.3 is 9.47 Å². The van der Waals surface area contributed by atoms with Crippen LogP contribution in [0.3, 0.4) is 0 Å². The molecule has 0 N–H and O–H groups in total. The average molecular weight is 312 g/mol. The van der Waals surface area contributed by atoms with Gasteiger partial charge in [0.2, 0.25) is 0 Å². The number of rotatable bonds is 4. The maximum absolute atomic E-state index is 6.11. The van der Waals surface area contributed by atoms with Crippen molar-refractivity contribution in [2.24, 2.45) is 0 Å². The highest BCUT2D eigenvalue weighted by Crippen LogP contribution is 2.22. The molecule has 0 amide bonds. The average Bonchev–Trinajstić information content (AvgIpc) is 2.83. The molecule has 108 valence electrons. The van der Waals surface area contributed by atoms with Gasteiger partial charge in [-0.15, -0.1) is 11.6 Å². The minimum Gasteiger partial charge on any atom is -0.326 e. The highest BCUT2D eigenvalue weighted by Gasteiger charge is 2.13. The van der Waals surface area contributed by atoms with Crippen LogP contribution in [0.2, 0.25) is 5.02 Å². The Bertz CT molecular complexity index is 588. The molecule has 2 heterocycles. The van der Waals surface area contributed by atoms with Crippen LogP contribution in [0, 0.1) is 0 Å². The highest BCUT2D eigenvalue weighted by atomic mass is 35.5. The number of alkyl halides is 1. The Kier molecular flexibility index (Phi) is 4.49. The number of benzene rings is 1. The molecular formula is C15H19Cl2N3. The van der Waals surface area contributed by atoms with Crippen molar-refractivity contribution in [3.63, 3.8) is 0 Å². The van der Waals surface area contributed by atoms with Crippen molar-refractivity contribution < 1.29 is 0 Å². The van der Waals surface area contributed by atoms with Gasteiger partial charge in [0.25, 0.3) is 0 Å². The lowest BCUT2D eigenvalue weighted by molar-refractivity contribution is 0.221. The number of likely N-dealkylation sites (tertiary alicyclic amines) is 1. The second kappa shape index (κ2) is 6.33. The molecular weight excluding hydrogens is 293 g/mol. The van der Waals surface area contributed by atoms with Crippen molar-refractivity contribution >= 4 is 34.2 Å². The first-order chi connectivity index (χ1) is 9.78. The van der Waals surface area contributed by atoms with E-state index in [0.29, 0.717) is 5.88 Å². The van der Waals surface area contributed by atoms with Gasteiger partial charge in [0.15, 0.2) is 0 Å². The van der Waals surface area contributed by atoms with Crippen molar-refractivity contribution in [3.05, 3.63) is 29.0 Å². The summed E-state index contributed by atoms with van der Waals surface area (Å²) in [5.41, 5.74) is 2.06. The summed E-state index contributed by atoms with van der Waals surface area (Å²) >= 11 is 12.1. The summed E-state index contributed by atoms with van der Waals surface area (Å²) in [6.45, 7) is 4.41. The molecule has 5 heteroatoms. The van der Waals surface area contributed by atoms with E-state index in [1.807, 2.05) is 18.2 Å². The quantitative estimate of drug-likeness (QED) is 0.798. The van der Waals surface area contributed by atoms with E-state index in [4.69, 9.17) is 23.2 Å². The molecule has 3 nitrogen and oxygen atoms in total. The number of nitrogens with zero attached hydrogens (tertiary/aromatic N) is 3.